The molecule has 0 spiro atoms. The maximum absolute atomic E-state index is 10.8. The van der Waals surface area contributed by atoms with Crippen molar-refractivity contribution in [2.24, 2.45) is 0 Å². The first-order chi connectivity index (χ1) is 7.83. The molecule has 1 heterocycles. The highest BCUT2D eigenvalue weighted by Gasteiger charge is 2.20. The Hall–Kier alpha value is -0.830. The molecular formula is C13H23NO2. The number of amides is 1. The number of rotatable bonds is 10. The van der Waals surface area contributed by atoms with E-state index in [2.05, 4.69) is 11.9 Å². The lowest BCUT2D eigenvalue weighted by Crippen LogP contribution is -2.21. The quantitative estimate of drug-likeness (QED) is 0.352. The molecule has 1 rings (SSSR count). The van der Waals surface area contributed by atoms with Gasteiger partial charge in [-0.05, 0) is 18.9 Å². The maximum Gasteiger partial charge on any atom is 0.243 e. The van der Waals surface area contributed by atoms with Crippen LogP contribution in [-0.2, 0) is 9.53 Å². The fourth-order valence-electron chi connectivity index (χ4n) is 1.72. The molecule has 0 aromatic rings. The Morgan fingerprint density at radius 1 is 1.25 bits per heavy atom. The summed E-state index contributed by atoms with van der Waals surface area (Å²) in [7, 11) is 0. The second-order valence-electron chi connectivity index (χ2n) is 4.36. The summed E-state index contributed by atoms with van der Waals surface area (Å²) in [4.78, 5) is 10.8. The van der Waals surface area contributed by atoms with Crippen molar-refractivity contribution in [2.75, 3.05) is 13.2 Å². The molecule has 0 saturated carbocycles. The predicted molar refractivity (Wildman–Crippen MR) is 65.3 cm³/mol. The average molecular weight is 225 g/mol. The van der Waals surface area contributed by atoms with Crippen LogP contribution in [0.2, 0.25) is 0 Å². The summed E-state index contributed by atoms with van der Waals surface area (Å²) in [6, 6.07) is 0. The topological polar surface area (TPSA) is 41.6 Å². The summed E-state index contributed by atoms with van der Waals surface area (Å²) in [6.07, 6.45) is 10.6. The molecule has 1 amide bonds. The van der Waals surface area contributed by atoms with Gasteiger partial charge in [0, 0.05) is 6.54 Å². The third-order valence-electron chi connectivity index (χ3n) is 2.84. The Morgan fingerprint density at radius 3 is 2.50 bits per heavy atom. The third-order valence-corrected chi connectivity index (χ3v) is 2.84. The van der Waals surface area contributed by atoms with E-state index in [1.807, 2.05) is 0 Å². The van der Waals surface area contributed by atoms with Gasteiger partial charge >= 0.3 is 0 Å². The Morgan fingerprint density at radius 2 is 1.88 bits per heavy atom. The van der Waals surface area contributed by atoms with Gasteiger partial charge < -0.3 is 10.1 Å². The number of ether oxygens (including phenoxy) is 1. The van der Waals surface area contributed by atoms with E-state index in [1.165, 1.54) is 44.6 Å². The van der Waals surface area contributed by atoms with Gasteiger partial charge in [0.25, 0.3) is 0 Å². The van der Waals surface area contributed by atoms with E-state index in [4.69, 9.17) is 4.74 Å². The number of epoxide rings is 1. The van der Waals surface area contributed by atoms with Crippen molar-refractivity contribution in [2.45, 2.75) is 51.0 Å². The van der Waals surface area contributed by atoms with Crippen molar-refractivity contribution >= 4 is 5.91 Å². The van der Waals surface area contributed by atoms with Crippen LogP contribution in [0, 0.1) is 0 Å². The molecule has 0 bridgehead atoms. The van der Waals surface area contributed by atoms with Gasteiger partial charge in [0.2, 0.25) is 5.91 Å². The molecule has 16 heavy (non-hydrogen) atoms. The normalized spacial score (nSPS) is 18.1. The molecule has 1 unspecified atom stereocenters. The zero-order valence-electron chi connectivity index (χ0n) is 10.0. The van der Waals surface area contributed by atoms with Crippen molar-refractivity contribution in [1.82, 2.24) is 5.32 Å². The van der Waals surface area contributed by atoms with Crippen molar-refractivity contribution in [3.63, 3.8) is 0 Å². The Labute approximate surface area is 98.2 Å². The van der Waals surface area contributed by atoms with Crippen LogP contribution in [-0.4, -0.2) is 25.2 Å². The maximum atomic E-state index is 10.8. The molecule has 1 saturated heterocycles. The standard InChI is InChI=1S/C13H23NO2/c1-2-13(15)14-10-8-6-4-3-5-7-9-12-11-16-12/h2,12H,1,3-11H2,(H,14,15). The van der Waals surface area contributed by atoms with Crippen LogP contribution in [0.3, 0.4) is 0 Å². The molecule has 1 fully saturated rings. The lowest BCUT2D eigenvalue weighted by molar-refractivity contribution is -0.116. The molecule has 0 radical (unpaired) electrons. The van der Waals surface area contributed by atoms with Crippen LogP contribution in [0.5, 0.6) is 0 Å². The van der Waals surface area contributed by atoms with Crippen LogP contribution in [0.4, 0.5) is 0 Å². The first-order valence-corrected chi connectivity index (χ1v) is 6.35. The van der Waals surface area contributed by atoms with Gasteiger partial charge in [-0.25, -0.2) is 0 Å². The summed E-state index contributed by atoms with van der Waals surface area (Å²) in [5, 5.41) is 2.78. The van der Waals surface area contributed by atoms with Crippen molar-refractivity contribution in [3.8, 4) is 0 Å². The number of hydrogen-bond donors (Lipinski definition) is 1. The van der Waals surface area contributed by atoms with E-state index >= 15 is 0 Å². The van der Waals surface area contributed by atoms with Gasteiger partial charge in [0.05, 0.1) is 12.7 Å². The monoisotopic (exact) mass is 225 g/mol. The summed E-state index contributed by atoms with van der Waals surface area (Å²) in [5.74, 6) is -0.0653. The largest absolute Gasteiger partial charge is 0.373 e. The summed E-state index contributed by atoms with van der Waals surface area (Å²) in [5.41, 5.74) is 0. The van der Waals surface area contributed by atoms with E-state index in [9.17, 15) is 4.79 Å². The fourth-order valence-corrected chi connectivity index (χ4v) is 1.72. The summed E-state index contributed by atoms with van der Waals surface area (Å²) >= 11 is 0. The Bertz CT molecular complexity index is 212. The second kappa shape index (κ2) is 8.34. The molecule has 1 aliphatic heterocycles. The van der Waals surface area contributed by atoms with Gasteiger partial charge in [-0.3, -0.25) is 4.79 Å². The lowest BCUT2D eigenvalue weighted by Gasteiger charge is -2.02. The number of unbranched alkanes of at least 4 members (excludes halogenated alkanes) is 5. The molecule has 92 valence electrons. The molecule has 1 atom stereocenters. The molecule has 3 heteroatoms. The van der Waals surface area contributed by atoms with Crippen molar-refractivity contribution in [3.05, 3.63) is 12.7 Å². The molecule has 1 aliphatic rings. The molecular weight excluding hydrogens is 202 g/mol. The smallest absolute Gasteiger partial charge is 0.243 e. The summed E-state index contributed by atoms with van der Waals surface area (Å²) < 4.78 is 5.15. The lowest BCUT2D eigenvalue weighted by atomic mass is 10.1. The highest BCUT2D eigenvalue weighted by molar-refractivity contribution is 5.86. The molecule has 1 N–H and O–H groups in total. The summed E-state index contributed by atoms with van der Waals surface area (Å²) in [6.45, 7) is 5.17. The zero-order chi connectivity index (χ0) is 11.6. The second-order valence-corrected chi connectivity index (χ2v) is 4.36. The molecule has 0 aromatic carbocycles. The average Bonchev–Trinajstić information content (AvgIpc) is 3.10. The molecule has 0 aromatic heterocycles. The highest BCUT2D eigenvalue weighted by Crippen LogP contribution is 2.17. The molecule has 3 nitrogen and oxygen atoms in total. The minimum Gasteiger partial charge on any atom is -0.373 e. The van der Waals surface area contributed by atoms with E-state index < -0.39 is 0 Å². The van der Waals surface area contributed by atoms with Crippen LogP contribution >= 0.6 is 0 Å². The first-order valence-electron chi connectivity index (χ1n) is 6.35. The van der Waals surface area contributed by atoms with E-state index in [-0.39, 0.29) is 5.91 Å². The van der Waals surface area contributed by atoms with Crippen molar-refractivity contribution in [1.29, 1.82) is 0 Å². The number of nitrogens with one attached hydrogen (secondary N) is 1. The highest BCUT2D eigenvalue weighted by atomic mass is 16.6. The van der Waals surface area contributed by atoms with Gasteiger partial charge in [-0.1, -0.05) is 38.7 Å². The minimum absolute atomic E-state index is 0.0653. The van der Waals surface area contributed by atoms with Gasteiger partial charge in [0.1, 0.15) is 0 Å². The molecule has 0 aliphatic carbocycles. The predicted octanol–water partition coefficient (Wildman–Crippen LogP) is 2.42. The van der Waals surface area contributed by atoms with Crippen LogP contribution < -0.4 is 5.32 Å². The van der Waals surface area contributed by atoms with Crippen molar-refractivity contribution < 1.29 is 9.53 Å². The Kier molecular flexibility index (Phi) is 6.90. The fraction of sp³-hybridized carbons (Fsp3) is 0.769. The number of carbonyl (C=O) groups is 1. The third kappa shape index (κ3) is 7.46. The SMILES string of the molecule is C=CC(=O)NCCCCCCCCC1CO1. The van der Waals surface area contributed by atoms with E-state index in [1.54, 1.807) is 0 Å². The van der Waals surface area contributed by atoms with E-state index in [0.29, 0.717) is 6.10 Å². The van der Waals surface area contributed by atoms with Crippen LogP contribution in [0.1, 0.15) is 44.9 Å². The van der Waals surface area contributed by atoms with Gasteiger partial charge in [-0.2, -0.15) is 0 Å². The number of hydrogen-bond acceptors (Lipinski definition) is 2. The Balaban J connectivity index is 1.70. The van der Waals surface area contributed by atoms with Crippen LogP contribution in [0.15, 0.2) is 12.7 Å². The van der Waals surface area contributed by atoms with Crippen LogP contribution in [0.25, 0.3) is 0 Å². The van der Waals surface area contributed by atoms with Gasteiger partial charge in [-0.15, -0.1) is 0 Å². The number of carbonyl (C=O) groups excluding carboxylic acids is 1. The van der Waals surface area contributed by atoms with E-state index in [0.717, 1.165) is 19.6 Å². The zero-order valence-corrected chi connectivity index (χ0v) is 10.0. The first kappa shape index (κ1) is 13.2. The minimum atomic E-state index is -0.0653. The van der Waals surface area contributed by atoms with Gasteiger partial charge in [0.15, 0.2) is 0 Å².